The molecule has 0 unspecified atom stereocenters. The number of nitrogens with one attached hydrogen (secondary N) is 1. The predicted molar refractivity (Wildman–Crippen MR) is 77.1 cm³/mol. The van der Waals surface area contributed by atoms with E-state index in [1.165, 1.54) is 25.2 Å². The highest BCUT2D eigenvalue weighted by Crippen LogP contribution is 2.20. The fourth-order valence-corrected chi connectivity index (χ4v) is 2.59. The minimum atomic E-state index is -3.91. The molecule has 116 valence electrons. The Labute approximate surface area is 122 Å². The summed E-state index contributed by atoms with van der Waals surface area (Å²) in [7, 11) is -2.64. The van der Waals surface area contributed by atoms with Crippen molar-refractivity contribution in [3.8, 4) is 0 Å². The van der Waals surface area contributed by atoms with Crippen molar-refractivity contribution in [1.29, 1.82) is 0 Å². The van der Waals surface area contributed by atoms with Crippen molar-refractivity contribution in [3.05, 3.63) is 29.3 Å². The van der Waals surface area contributed by atoms with Crippen molar-refractivity contribution in [2.45, 2.75) is 13.3 Å². The van der Waals surface area contributed by atoms with Gasteiger partial charge in [0, 0.05) is 19.2 Å². The highest BCUT2D eigenvalue weighted by atomic mass is 32.2. The Balaban J connectivity index is 2.97. The summed E-state index contributed by atoms with van der Waals surface area (Å²) in [5.74, 6) is -1.75. The number of benzene rings is 1. The normalized spacial score (nSPS) is 11.4. The average Bonchev–Trinajstić information content (AvgIpc) is 2.37. The molecule has 0 spiro atoms. The number of nitrogens with zero attached hydrogens (tertiary/aromatic N) is 1. The van der Waals surface area contributed by atoms with Crippen molar-refractivity contribution in [3.63, 3.8) is 0 Å². The van der Waals surface area contributed by atoms with Gasteiger partial charge in [0.05, 0.1) is 12.1 Å². The zero-order valence-corrected chi connectivity index (χ0v) is 12.5. The van der Waals surface area contributed by atoms with Gasteiger partial charge in [-0.3, -0.25) is 14.3 Å². The van der Waals surface area contributed by atoms with Crippen LogP contribution in [0.15, 0.2) is 18.2 Å². The number of hydrogen-bond donors (Lipinski definition) is 3. The zero-order chi connectivity index (χ0) is 16.2. The van der Waals surface area contributed by atoms with E-state index < -0.39 is 22.1 Å². The quantitative estimate of drug-likeness (QED) is 0.659. The number of anilines is 1. The first-order valence-corrected chi connectivity index (χ1v) is 7.44. The Morgan fingerprint density at radius 3 is 2.52 bits per heavy atom. The number of carboxylic acid groups (broad SMARTS) is 1. The third-order valence-electron chi connectivity index (χ3n) is 2.89. The van der Waals surface area contributed by atoms with Gasteiger partial charge in [0.15, 0.2) is 0 Å². The Morgan fingerprint density at radius 1 is 1.38 bits per heavy atom. The Bertz CT molecular complexity index is 657. The second kappa shape index (κ2) is 6.55. The topological polar surface area (TPSA) is 130 Å². The van der Waals surface area contributed by atoms with E-state index in [0.29, 0.717) is 5.56 Å². The van der Waals surface area contributed by atoms with Crippen molar-refractivity contribution < 1.29 is 23.1 Å². The summed E-state index contributed by atoms with van der Waals surface area (Å²) in [5, 5.41) is 8.57. The van der Waals surface area contributed by atoms with Gasteiger partial charge in [-0.05, 0) is 24.6 Å². The maximum atomic E-state index is 12.1. The summed E-state index contributed by atoms with van der Waals surface area (Å²) in [5.41, 5.74) is 6.03. The van der Waals surface area contributed by atoms with Crippen LogP contribution in [0.2, 0.25) is 0 Å². The zero-order valence-electron chi connectivity index (χ0n) is 11.7. The second-order valence-electron chi connectivity index (χ2n) is 4.41. The van der Waals surface area contributed by atoms with E-state index >= 15 is 0 Å². The minimum Gasteiger partial charge on any atom is -0.481 e. The van der Waals surface area contributed by atoms with Gasteiger partial charge in [-0.25, -0.2) is 0 Å². The molecule has 0 saturated heterocycles. The second-order valence-corrected chi connectivity index (χ2v) is 6.19. The number of carbonyl (C=O) groups is 2. The van der Waals surface area contributed by atoms with Crippen LogP contribution in [0.25, 0.3) is 0 Å². The first-order valence-electron chi connectivity index (χ1n) is 6.00. The molecular weight excluding hydrogens is 298 g/mol. The van der Waals surface area contributed by atoms with Crippen LogP contribution in [0.3, 0.4) is 0 Å². The van der Waals surface area contributed by atoms with E-state index in [1.54, 1.807) is 6.92 Å². The molecule has 0 heterocycles. The summed E-state index contributed by atoms with van der Waals surface area (Å²) < 4.78 is 27.3. The number of carboxylic acids is 1. The van der Waals surface area contributed by atoms with Crippen molar-refractivity contribution in [2.24, 2.45) is 5.73 Å². The predicted octanol–water partition coefficient (Wildman–Crippen LogP) is 0.157. The summed E-state index contributed by atoms with van der Waals surface area (Å²) >= 11 is 0. The molecule has 0 aliphatic carbocycles. The van der Waals surface area contributed by atoms with Gasteiger partial charge in [-0.15, -0.1) is 0 Å². The average molecular weight is 315 g/mol. The number of carbonyl (C=O) groups excluding carboxylic acids is 1. The fourth-order valence-electron chi connectivity index (χ4n) is 1.60. The van der Waals surface area contributed by atoms with Crippen LogP contribution < -0.4 is 10.5 Å². The first kappa shape index (κ1) is 16.9. The molecule has 0 saturated carbocycles. The lowest BCUT2D eigenvalue weighted by atomic mass is 10.1. The molecule has 1 rings (SSSR count). The van der Waals surface area contributed by atoms with Crippen molar-refractivity contribution in [1.82, 2.24) is 4.31 Å². The lowest BCUT2D eigenvalue weighted by molar-refractivity contribution is -0.137. The third-order valence-corrected chi connectivity index (χ3v) is 4.37. The first-order chi connectivity index (χ1) is 9.65. The maximum absolute atomic E-state index is 12.1. The molecule has 8 nitrogen and oxygen atoms in total. The lowest BCUT2D eigenvalue weighted by Crippen LogP contribution is -2.34. The molecule has 0 aliphatic rings. The Hall–Kier alpha value is -2.13. The van der Waals surface area contributed by atoms with E-state index in [-0.39, 0.29) is 24.2 Å². The summed E-state index contributed by atoms with van der Waals surface area (Å²) in [6.07, 6.45) is -0.308. The summed E-state index contributed by atoms with van der Waals surface area (Å²) in [6, 6.07) is 4.48. The van der Waals surface area contributed by atoms with Crippen LogP contribution in [0, 0.1) is 6.92 Å². The molecule has 1 amide bonds. The molecule has 0 atom stereocenters. The number of rotatable bonds is 7. The Kier molecular flexibility index (Phi) is 5.28. The SMILES string of the molecule is Cc1c(NS(=O)(=O)N(C)CCC(=O)O)cccc1C(N)=O. The van der Waals surface area contributed by atoms with E-state index in [1.807, 2.05) is 0 Å². The number of aliphatic carboxylic acids is 1. The molecule has 4 N–H and O–H groups in total. The van der Waals surface area contributed by atoms with E-state index in [9.17, 15) is 18.0 Å². The van der Waals surface area contributed by atoms with E-state index in [2.05, 4.69) is 4.72 Å². The fraction of sp³-hybridized carbons (Fsp3) is 0.333. The van der Waals surface area contributed by atoms with Gasteiger partial charge in [-0.1, -0.05) is 6.07 Å². The number of hydrogen-bond acceptors (Lipinski definition) is 4. The standard InChI is InChI=1S/C12H17N3O5S/c1-8-9(12(13)18)4-3-5-10(8)14-21(19,20)15(2)7-6-11(16)17/h3-5,14H,6-7H2,1-2H3,(H2,13,18)(H,16,17). The van der Waals surface area contributed by atoms with Gasteiger partial charge in [0.2, 0.25) is 5.91 Å². The minimum absolute atomic E-state index is 0.167. The van der Waals surface area contributed by atoms with Gasteiger partial charge >= 0.3 is 16.2 Å². The number of amides is 1. The molecule has 0 aromatic heterocycles. The molecule has 0 aliphatic heterocycles. The molecule has 1 aromatic rings. The summed E-state index contributed by atoms with van der Waals surface area (Å²) in [6.45, 7) is 1.40. The lowest BCUT2D eigenvalue weighted by Gasteiger charge is -2.19. The van der Waals surface area contributed by atoms with Gasteiger partial charge in [0.25, 0.3) is 0 Å². The maximum Gasteiger partial charge on any atom is 0.304 e. The number of primary amides is 1. The third kappa shape index (κ3) is 4.43. The van der Waals surface area contributed by atoms with Gasteiger partial charge in [0.1, 0.15) is 0 Å². The van der Waals surface area contributed by atoms with E-state index in [0.717, 1.165) is 4.31 Å². The highest BCUT2D eigenvalue weighted by Gasteiger charge is 2.20. The van der Waals surface area contributed by atoms with Crippen molar-refractivity contribution >= 4 is 27.8 Å². The van der Waals surface area contributed by atoms with Crippen LogP contribution in [-0.2, 0) is 15.0 Å². The largest absolute Gasteiger partial charge is 0.481 e. The molecule has 1 aromatic carbocycles. The molecule has 0 radical (unpaired) electrons. The monoisotopic (exact) mass is 315 g/mol. The van der Waals surface area contributed by atoms with Crippen LogP contribution >= 0.6 is 0 Å². The highest BCUT2D eigenvalue weighted by molar-refractivity contribution is 7.90. The van der Waals surface area contributed by atoms with Crippen LogP contribution in [0.4, 0.5) is 5.69 Å². The van der Waals surface area contributed by atoms with Crippen molar-refractivity contribution in [2.75, 3.05) is 18.3 Å². The molecule has 9 heteroatoms. The van der Waals surface area contributed by atoms with Gasteiger partial charge < -0.3 is 10.8 Å². The smallest absolute Gasteiger partial charge is 0.304 e. The number of nitrogens with two attached hydrogens (primary N) is 1. The van der Waals surface area contributed by atoms with Crippen LogP contribution in [-0.4, -0.2) is 43.3 Å². The molecule has 0 bridgehead atoms. The van der Waals surface area contributed by atoms with E-state index in [4.69, 9.17) is 10.8 Å². The van der Waals surface area contributed by atoms with Gasteiger partial charge in [-0.2, -0.15) is 12.7 Å². The van der Waals surface area contributed by atoms with Crippen LogP contribution in [0.5, 0.6) is 0 Å². The molecule has 21 heavy (non-hydrogen) atoms. The summed E-state index contributed by atoms with van der Waals surface area (Å²) in [4.78, 5) is 21.7. The molecular formula is C12H17N3O5S. The van der Waals surface area contributed by atoms with Crippen LogP contribution in [0.1, 0.15) is 22.3 Å². The Morgan fingerprint density at radius 2 is 2.00 bits per heavy atom. The molecule has 0 fully saturated rings.